The molecule has 1 aliphatic carbocycles. The van der Waals surface area contributed by atoms with Crippen LogP contribution in [0.3, 0.4) is 0 Å². The molecule has 0 aliphatic heterocycles. The van der Waals surface area contributed by atoms with Gasteiger partial charge in [0.25, 0.3) is 5.91 Å². The SMILES string of the molecule is C[C@@H](Oc1ccc(C(=O)C2CC2)nc1)c1cc(-c2ccc(C(=O)N[C@@H](CO)C(N)=O)c(F)c2)ns1. The molecule has 2 aromatic heterocycles. The van der Waals surface area contributed by atoms with Gasteiger partial charge in [-0.2, -0.15) is 4.37 Å². The lowest BCUT2D eigenvalue weighted by molar-refractivity contribution is -0.120. The summed E-state index contributed by atoms with van der Waals surface area (Å²) in [5.41, 5.74) is 6.17. The summed E-state index contributed by atoms with van der Waals surface area (Å²) in [5.74, 6) is -1.93. The van der Waals surface area contributed by atoms with Crippen LogP contribution in [-0.4, -0.2) is 44.7 Å². The number of aliphatic hydroxyl groups is 1. The number of aliphatic hydroxyl groups excluding tert-OH is 1. The number of benzene rings is 1. The van der Waals surface area contributed by atoms with Crippen molar-refractivity contribution in [1.29, 1.82) is 0 Å². The number of nitrogens with zero attached hydrogens (tertiary/aromatic N) is 2. The van der Waals surface area contributed by atoms with Crippen molar-refractivity contribution in [1.82, 2.24) is 14.7 Å². The van der Waals surface area contributed by atoms with E-state index in [4.69, 9.17) is 15.6 Å². The van der Waals surface area contributed by atoms with Crippen molar-refractivity contribution in [2.75, 3.05) is 6.61 Å². The number of ketones is 1. The van der Waals surface area contributed by atoms with E-state index in [0.29, 0.717) is 22.7 Å². The molecule has 1 saturated carbocycles. The maximum Gasteiger partial charge on any atom is 0.254 e. The molecule has 1 aromatic carbocycles. The van der Waals surface area contributed by atoms with Crippen molar-refractivity contribution in [3.05, 3.63) is 64.5 Å². The number of carbonyl (C=O) groups excluding carboxylic acids is 3. The molecule has 11 heteroatoms. The Kier molecular flexibility index (Phi) is 7.17. The summed E-state index contributed by atoms with van der Waals surface area (Å²) >= 11 is 1.19. The van der Waals surface area contributed by atoms with Crippen LogP contribution in [-0.2, 0) is 4.79 Å². The van der Waals surface area contributed by atoms with E-state index < -0.39 is 30.3 Å². The van der Waals surface area contributed by atoms with Gasteiger partial charge in [0.05, 0.1) is 28.9 Å². The second-order valence-corrected chi connectivity index (χ2v) is 9.03. The molecule has 35 heavy (non-hydrogen) atoms. The number of ether oxygens (including phenoxy) is 1. The van der Waals surface area contributed by atoms with Gasteiger partial charge in [-0.15, -0.1) is 0 Å². The molecule has 0 saturated heterocycles. The first-order valence-electron chi connectivity index (χ1n) is 10.9. The van der Waals surface area contributed by atoms with E-state index in [0.717, 1.165) is 23.8 Å². The van der Waals surface area contributed by atoms with Crippen molar-refractivity contribution in [3.8, 4) is 17.0 Å². The van der Waals surface area contributed by atoms with Crippen molar-refractivity contribution in [2.45, 2.75) is 31.9 Å². The fourth-order valence-corrected chi connectivity index (χ4v) is 4.05. The average Bonchev–Trinajstić information content (AvgIpc) is 3.57. The first-order chi connectivity index (χ1) is 16.8. The minimum Gasteiger partial charge on any atom is -0.484 e. The van der Waals surface area contributed by atoms with Crippen LogP contribution in [0.1, 0.15) is 51.6 Å². The Hall–Kier alpha value is -3.70. The molecule has 4 N–H and O–H groups in total. The van der Waals surface area contributed by atoms with Crippen molar-refractivity contribution in [3.63, 3.8) is 0 Å². The Labute approximate surface area is 204 Å². The Balaban J connectivity index is 1.42. The maximum absolute atomic E-state index is 14.6. The van der Waals surface area contributed by atoms with Crippen LogP contribution in [0, 0.1) is 11.7 Å². The highest BCUT2D eigenvalue weighted by Crippen LogP contribution is 2.33. The molecule has 2 atom stereocenters. The molecule has 3 aromatic rings. The van der Waals surface area contributed by atoms with Gasteiger partial charge < -0.3 is 20.9 Å². The van der Waals surface area contributed by atoms with Gasteiger partial charge in [-0.1, -0.05) is 6.07 Å². The first-order valence-corrected chi connectivity index (χ1v) is 11.7. The Morgan fingerprint density at radius 1 is 1.26 bits per heavy atom. The summed E-state index contributed by atoms with van der Waals surface area (Å²) in [7, 11) is 0. The number of nitrogens with one attached hydrogen (secondary N) is 1. The van der Waals surface area contributed by atoms with Crippen molar-refractivity contribution in [2.24, 2.45) is 11.7 Å². The van der Waals surface area contributed by atoms with Gasteiger partial charge in [-0.25, -0.2) is 9.37 Å². The van der Waals surface area contributed by atoms with Crippen molar-refractivity contribution >= 4 is 29.1 Å². The maximum atomic E-state index is 14.6. The van der Waals surface area contributed by atoms with Gasteiger partial charge in [0, 0.05) is 11.5 Å². The molecular weight excluding hydrogens is 475 g/mol. The fraction of sp³-hybridized carbons (Fsp3) is 0.292. The highest BCUT2D eigenvalue weighted by molar-refractivity contribution is 7.06. The van der Waals surface area contributed by atoms with Gasteiger partial charge >= 0.3 is 0 Å². The third-order valence-corrected chi connectivity index (χ3v) is 6.47. The Morgan fingerprint density at radius 2 is 2.03 bits per heavy atom. The third-order valence-electron chi connectivity index (χ3n) is 5.52. The molecule has 2 amide bonds. The highest BCUT2D eigenvalue weighted by atomic mass is 32.1. The number of aromatic nitrogens is 2. The number of Topliss-reactive ketones (excluding diaryl/α,β-unsaturated/α-hetero) is 1. The molecule has 1 aliphatic rings. The standard InChI is InChI=1S/C24H23FN4O5S/c1-12(34-15-5-7-18(27-10-15)22(31)13-2-3-13)21-9-19(29-35-21)14-4-6-16(17(25)8-14)24(33)28-20(11-30)23(26)32/h4-10,12-13,20,30H,2-3,11H2,1H3,(H2,26,32)(H,28,33)/t12-,20+/m1/s1. The van der Waals surface area contributed by atoms with E-state index in [1.807, 2.05) is 6.92 Å². The van der Waals surface area contributed by atoms with E-state index in [1.165, 1.54) is 29.9 Å². The molecule has 9 nitrogen and oxygen atoms in total. The molecule has 182 valence electrons. The van der Waals surface area contributed by atoms with Gasteiger partial charge in [0.1, 0.15) is 29.4 Å². The fourth-order valence-electron chi connectivity index (χ4n) is 3.33. The number of pyridine rings is 1. The van der Waals surface area contributed by atoms with Crippen LogP contribution in [0.15, 0.2) is 42.6 Å². The number of nitrogens with two attached hydrogens (primary N) is 1. The van der Waals surface area contributed by atoms with Crippen LogP contribution in [0.4, 0.5) is 4.39 Å². The summed E-state index contributed by atoms with van der Waals surface area (Å²) in [5, 5.41) is 11.3. The van der Waals surface area contributed by atoms with Crippen molar-refractivity contribution < 1.29 is 28.6 Å². The number of hydrogen-bond donors (Lipinski definition) is 3. The lowest BCUT2D eigenvalue weighted by Crippen LogP contribution is -2.47. The molecule has 0 radical (unpaired) electrons. The Morgan fingerprint density at radius 3 is 2.63 bits per heavy atom. The zero-order valence-electron chi connectivity index (χ0n) is 18.7. The van der Waals surface area contributed by atoms with E-state index in [1.54, 1.807) is 18.2 Å². The largest absolute Gasteiger partial charge is 0.484 e. The van der Waals surface area contributed by atoms with E-state index >= 15 is 0 Å². The van der Waals surface area contributed by atoms with Crippen LogP contribution in [0.2, 0.25) is 0 Å². The van der Waals surface area contributed by atoms with Gasteiger partial charge in [0.2, 0.25) is 5.91 Å². The van der Waals surface area contributed by atoms with Crippen LogP contribution < -0.4 is 15.8 Å². The first kappa shape index (κ1) is 24.4. The Bertz CT molecular complexity index is 1260. The van der Waals surface area contributed by atoms with Crippen LogP contribution in [0.25, 0.3) is 11.3 Å². The number of carbonyl (C=O) groups is 3. The molecule has 0 spiro atoms. The van der Waals surface area contributed by atoms with Crippen LogP contribution >= 0.6 is 11.5 Å². The van der Waals surface area contributed by atoms with E-state index in [9.17, 15) is 18.8 Å². The highest BCUT2D eigenvalue weighted by Gasteiger charge is 2.31. The summed E-state index contributed by atoms with van der Waals surface area (Å²) in [4.78, 5) is 40.5. The quantitative estimate of drug-likeness (QED) is 0.365. The van der Waals surface area contributed by atoms with Gasteiger partial charge in [-0.3, -0.25) is 14.4 Å². The van der Waals surface area contributed by atoms with Gasteiger partial charge in [0.15, 0.2) is 5.78 Å². The molecule has 0 bridgehead atoms. The smallest absolute Gasteiger partial charge is 0.254 e. The predicted octanol–water partition coefficient (Wildman–Crippen LogP) is 2.65. The zero-order valence-corrected chi connectivity index (χ0v) is 19.5. The molecule has 4 rings (SSSR count). The lowest BCUT2D eigenvalue weighted by atomic mass is 10.1. The topological polar surface area (TPSA) is 144 Å². The summed E-state index contributed by atoms with van der Waals surface area (Å²) in [6.45, 7) is 1.15. The average molecular weight is 499 g/mol. The second-order valence-electron chi connectivity index (χ2n) is 8.20. The zero-order chi connectivity index (χ0) is 25.1. The molecule has 1 fully saturated rings. The number of halogens is 1. The normalized spacial score (nSPS) is 14.7. The molecule has 2 heterocycles. The summed E-state index contributed by atoms with van der Waals surface area (Å²) in [6, 6.07) is 7.78. The monoisotopic (exact) mass is 498 g/mol. The summed E-state index contributed by atoms with van der Waals surface area (Å²) in [6.07, 6.45) is 2.99. The van der Waals surface area contributed by atoms with Crippen LogP contribution in [0.5, 0.6) is 5.75 Å². The summed E-state index contributed by atoms with van der Waals surface area (Å²) < 4.78 is 24.9. The predicted molar refractivity (Wildman–Crippen MR) is 125 cm³/mol. The van der Waals surface area contributed by atoms with Gasteiger partial charge in [-0.05, 0) is 61.6 Å². The minimum atomic E-state index is -1.31. The minimum absolute atomic E-state index is 0.0634. The number of primary amides is 1. The van der Waals surface area contributed by atoms with E-state index in [2.05, 4.69) is 14.7 Å². The number of rotatable bonds is 10. The van der Waals surface area contributed by atoms with E-state index in [-0.39, 0.29) is 23.4 Å². The molecular formula is C24H23FN4O5S. The number of hydrogen-bond acceptors (Lipinski definition) is 8. The second kappa shape index (κ2) is 10.3. The third kappa shape index (κ3) is 5.69. The molecule has 0 unspecified atom stereocenters. The lowest BCUT2D eigenvalue weighted by Gasteiger charge is -2.13. The number of amides is 2.